The van der Waals surface area contributed by atoms with Gasteiger partial charge in [-0.25, -0.2) is 0 Å². The molecule has 0 bridgehead atoms. The second-order valence-electron chi connectivity index (χ2n) is 0. The molecule has 0 spiro atoms. The molecule has 0 unspecified atom stereocenters. The predicted molar refractivity (Wildman–Crippen MR) is 23.0 cm³/mol. The molecule has 0 amide bonds. The molecule has 6 radical (unpaired) electrons. The van der Waals surface area contributed by atoms with E-state index < -0.39 is 0 Å². The minimum absolute atomic E-state index is 0. The molecule has 8 valence electrons. The van der Waals surface area contributed by atoms with E-state index in [9.17, 15) is 0 Å². The van der Waals surface area contributed by atoms with E-state index in [0.717, 1.165) is 0 Å². The summed E-state index contributed by atoms with van der Waals surface area (Å²) in [6.07, 6.45) is 0. The Morgan fingerprint density at radius 3 is 0.500 bits per heavy atom. The Balaban J connectivity index is 0. The van der Waals surface area contributed by atoms with Crippen LogP contribution in [0.15, 0.2) is 0 Å². The maximum absolute atomic E-state index is 0. The zero-order chi connectivity index (χ0) is 0. The topological polar surface area (TPSA) is 0 Å². The van der Waals surface area contributed by atoms with Crippen LogP contribution < -0.4 is 0 Å². The van der Waals surface area contributed by atoms with Gasteiger partial charge < -0.3 is 0 Å². The van der Waals surface area contributed by atoms with E-state index in [0.29, 0.717) is 0 Å². The molecule has 0 rings (SSSR count). The summed E-state index contributed by atoms with van der Waals surface area (Å²) in [5.74, 6) is 0. The van der Waals surface area contributed by atoms with Crippen LogP contribution in [0.3, 0.4) is 0 Å². The van der Waals surface area contributed by atoms with Crippen molar-refractivity contribution >= 4 is 113 Å². The Morgan fingerprint density at radius 1 is 0.500 bits per heavy atom. The summed E-state index contributed by atoms with van der Waals surface area (Å²) in [4.78, 5) is 0. The van der Waals surface area contributed by atoms with Crippen molar-refractivity contribution in [3.63, 3.8) is 0 Å². The molecule has 0 aliphatic rings. The van der Waals surface area contributed by atoms with Crippen molar-refractivity contribution < 1.29 is 0 Å². The molecule has 4 heteroatoms. The van der Waals surface area contributed by atoms with Gasteiger partial charge in [-0.15, -0.1) is 0 Å². The molecule has 0 atom stereocenters. The molecule has 0 saturated heterocycles. The first-order valence-corrected chi connectivity index (χ1v) is 0. The van der Waals surface area contributed by atoms with Crippen LogP contribution in [0.2, 0.25) is 0 Å². The first-order valence-electron chi connectivity index (χ1n) is 0. The molecule has 0 aliphatic heterocycles. The monoisotopic (exact) mass is 190 g/mol. The van der Waals surface area contributed by atoms with Crippen LogP contribution in [-0.4, -0.2) is 113 Å². The van der Waals surface area contributed by atoms with E-state index in [1.165, 1.54) is 0 Å². The fourth-order valence-electron chi connectivity index (χ4n) is 0. The summed E-state index contributed by atoms with van der Waals surface area (Å²) in [5.41, 5.74) is 0. The summed E-state index contributed by atoms with van der Waals surface area (Å²) >= 11 is 0. The minimum atomic E-state index is 0. The van der Waals surface area contributed by atoms with Gasteiger partial charge in [0.25, 0.3) is 0 Å². The molecule has 0 aromatic rings. The molecule has 4 heavy (non-hydrogen) atoms. The molecule has 0 heterocycles. The molecule has 0 aromatic carbocycles. The average molecular weight is 191 g/mol. The summed E-state index contributed by atoms with van der Waals surface area (Å²) in [6.45, 7) is 0. The summed E-state index contributed by atoms with van der Waals surface area (Å²) in [6, 6.07) is 0. The third-order valence-electron chi connectivity index (χ3n) is 0. The SMILES string of the molecule is [Na].[Na].[Na].[Sb]. The summed E-state index contributed by atoms with van der Waals surface area (Å²) in [7, 11) is 0. The fourth-order valence-corrected chi connectivity index (χ4v) is 0. The Morgan fingerprint density at radius 2 is 0.500 bits per heavy atom. The molecule has 0 fully saturated rings. The van der Waals surface area contributed by atoms with Crippen molar-refractivity contribution in [2.45, 2.75) is 0 Å². The van der Waals surface area contributed by atoms with Crippen LogP contribution >= 0.6 is 0 Å². The van der Waals surface area contributed by atoms with Crippen molar-refractivity contribution in [3.05, 3.63) is 0 Å². The van der Waals surface area contributed by atoms with Crippen LogP contribution in [0.25, 0.3) is 0 Å². The van der Waals surface area contributed by atoms with Crippen LogP contribution in [0.1, 0.15) is 0 Å². The number of hydrogen-bond donors (Lipinski definition) is 0. The van der Waals surface area contributed by atoms with Gasteiger partial charge in [0.2, 0.25) is 0 Å². The first-order chi connectivity index (χ1) is 0. The zero-order valence-electron chi connectivity index (χ0n) is 3.45. The number of hydrogen-bond acceptors (Lipinski definition) is 0. The van der Waals surface area contributed by atoms with Crippen molar-refractivity contribution in [1.29, 1.82) is 0 Å². The molecule has 0 N–H and O–H groups in total. The van der Waals surface area contributed by atoms with E-state index in [-0.39, 0.29) is 113 Å². The quantitative estimate of drug-likeness (QED) is 0.407. The second-order valence-corrected chi connectivity index (χ2v) is 0. The normalized spacial score (nSPS) is 0. The molecule has 0 aliphatic carbocycles. The van der Waals surface area contributed by atoms with Crippen LogP contribution in [-0.2, 0) is 0 Å². The van der Waals surface area contributed by atoms with E-state index in [1.807, 2.05) is 0 Å². The van der Waals surface area contributed by atoms with Crippen LogP contribution in [0.4, 0.5) is 0 Å². The zero-order valence-corrected chi connectivity index (χ0v) is 12.0. The maximum Gasteiger partial charge on any atom is 0 e. The van der Waals surface area contributed by atoms with Crippen molar-refractivity contribution in [2.75, 3.05) is 0 Å². The van der Waals surface area contributed by atoms with Crippen molar-refractivity contribution in [1.82, 2.24) is 0 Å². The third kappa shape index (κ3) is 9.26. The van der Waals surface area contributed by atoms with E-state index in [1.54, 1.807) is 0 Å². The van der Waals surface area contributed by atoms with Gasteiger partial charge in [-0.1, -0.05) is 0 Å². The predicted octanol–water partition coefficient (Wildman–Crippen LogP) is -1.52. The maximum atomic E-state index is 0. The van der Waals surface area contributed by atoms with Gasteiger partial charge in [-0.3, -0.25) is 0 Å². The van der Waals surface area contributed by atoms with Gasteiger partial charge in [-0.05, 0) is 0 Å². The van der Waals surface area contributed by atoms with Gasteiger partial charge in [0.15, 0.2) is 0 Å². The minimum Gasteiger partial charge on any atom is 0 e. The Labute approximate surface area is 110 Å². The van der Waals surface area contributed by atoms with Gasteiger partial charge in [-0.2, -0.15) is 0 Å². The Hall–Kier alpha value is 3.82. The van der Waals surface area contributed by atoms with Crippen molar-refractivity contribution in [3.8, 4) is 0 Å². The van der Waals surface area contributed by atoms with Crippen LogP contribution in [0.5, 0.6) is 0 Å². The summed E-state index contributed by atoms with van der Waals surface area (Å²) < 4.78 is 0. The summed E-state index contributed by atoms with van der Waals surface area (Å²) in [5, 5.41) is 0. The molecular weight excluding hydrogens is 191 g/mol. The van der Waals surface area contributed by atoms with Gasteiger partial charge in [0.1, 0.15) is 0 Å². The van der Waals surface area contributed by atoms with Gasteiger partial charge >= 0.3 is 0 Å². The number of rotatable bonds is 0. The molecule has 0 nitrogen and oxygen atoms in total. The fraction of sp³-hybridized carbons (Fsp3) is 0. The second kappa shape index (κ2) is 15.8. The standard InChI is InChI=1S/3Na.Sb. The molecule has 0 saturated carbocycles. The van der Waals surface area contributed by atoms with E-state index in [4.69, 9.17) is 0 Å². The van der Waals surface area contributed by atoms with Gasteiger partial charge in [0, 0.05) is 113 Å². The van der Waals surface area contributed by atoms with Gasteiger partial charge in [0.05, 0.1) is 0 Å². The van der Waals surface area contributed by atoms with E-state index in [2.05, 4.69) is 0 Å². The average Bonchev–Trinajstić information content (AvgIpc) is 0. The first kappa shape index (κ1) is 24.9. The smallest absolute Gasteiger partial charge is 0 e. The van der Waals surface area contributed by atoms with Crippen molar-refractivity contribution in [2.24, 2.45) is 0 Å². The van der Waals surface area contributed by atoms with Crippen LogP contribution in [0, 0.1) is 0 Å². The Bertz CT molecular complexity index is 3.25. The molecule has 0 aromatic heterocycles. The van der Waals surface area contributed by atoms with E-state index >= 15 is 0 Å². The third-order valence-corrected chi connectivity index (χ3v) is 0. The molecular formula is Na3Sb. The largest absolute Gasteiger partial charge is 0 e. The Kier molecular flexibility index (Phi) is 98.7.